The van der Waals surface area contributed by atoms with Crippen LogP contribution in [0.3, 0.4) is 0 Å². The van der Waals surface area contributed by atoms with Gasteiger partial charge in [-0.15, -0.1) is 0 Å². The molecule has 0 saturated heterocycles. The third-order valence-corrected chi connectivity index (χ3v) is 2.11. The fourth-order valence-electron chi connectivity index (χ4n) is 1.62. The SMILES string of the molecule is CCC[N+]1(CC(=O)[O-])C=NCC1. The lowest BCUT2D eigenvalue weighted by molar-refractivity contribution is -0.823. The van der Waals surface area contributed by atoms with E-state index in [0.29, 0.717) is 4.48 Å². The second-order valence-electron chi connectivity index (χ2n) is 3.22. The summed E-state index contributed by atoms with van der Waals surface area (Å²) in [5.74, 6) is -0.989. The van der Waals surface area contributed by atoms with E-state index in [1.807, 2.05) is 6.92 Å². The number of carbonyl (C=O) groups is 1. The number of nitrogens with zero attached hydrogens (tertiary/aromatic N) is 2. The standard InChI is InChI=1S/C8H14N2O2/c1-2-4-10(6-8(11)12)5-3-9-7-10/h7H,2-6H2,1H3. The van der Waals surface area contributed by atoms with Gasteiger partial charge in [-0.05, 0) is 6.42 Å². The summed E-state index contributed by atoms with van der Waals surface area (Å²) in [7, 11) is 0. The molecule has 0 saturated carbocycles. The number of rotatable bonds is 4. The van der Waals surface area contributed by atoms with Crippen LogP contribution in [0, 0.1) is 0 Å². The van der Waals surface area contributed by atoms with Crippen LogP contribution < -0.4 is 5.11 Å². The molecule has 0 radical (unpaired) electrons. The van der Waals surface area contributed by atoms with Crippen molar-refractivity contribution >= 4 is 12.3 Å². The maximum atomic E-state index is 10.4. The Morgan fingerprint density at radius 2 is 2.50 bits per heavy atom. The van der Waals surface area contributed by atoms with Crippen LogP contribution in [-0.2, 0) is 4.79 Å². The normalized spacial score (nSPS) is 27.8. The van der Waals surface area contributed by atoms with Gasteiger partial charge in [0.05, 0.1) is 19.1 Å². The van der Waals surface area contributed by atoms with Crippen molar-refractivity contribution in [2.24, 2.45) is 4.99 Å². The van der Waals surface area contributed by atoms with Gasteiger partial charge in [0.2, 0.25) is 0 Å². The second kappa shape index (κ2) is 3.67. The Bertz CT molecular complexity index is 203. The maximum absolute atomic E-state index is 10.4. The first-order valence-corrected chi connectivity index (χ1v) is 4.25. The lowest BCUT2D eigenvalue weighted by Crippen LogP contribution is -2.52. The predicted molar refractivity (Wildman–Crippen MR) is 43.5 cm³/mol. The molecule has 0 N–H and O–H groups in total. The molecule has 0 spiro atoms. The second-order valence-corrected chi connectivity index (χ2v) is 3.22. The molecule has 0 fully saturated rings. The van der Waals surface area contributed by atoms with Gasteiger partial charge in [0.25, 0.3) is 0 Å². The lowest BCUT2D eigenvalue weighted by Gasteiger charge is -2.29. The molecule has 1 aliphatic heterocycles. The topological polar surface area (TPSA) is 52.5 Å². The van der Waals surface area contributed by atoms with Gasteiger partial charge < -0.3 is 9.90 Å². The summed E-state index contributed by atoms with van der Waals surface area (Å²) in [6.45, 7) is 4.51. The largest absolute Gasteiger partial charge is 0.544 e. The Balaban J connectivity index is 2.59. The molecule has 0 aromatic carbocycles. The quantitative estimate of drug-likeness (QED) is 0.508. The smallest absolute Gasteiger partial charge is 0.185 e. The average molecular weight is 170 g/mol. The molecule has 1 aliphatic rings. The van der Waals surface area contributed by atoms with Gasteiger partial charge in [-0.2, -0.15) is 0 Å². The molecule has 0 bridgehead atoms. The summed E-state index contributed by atoms with van der Waals surface area (Å²) in [5.41, 5.74) is 0. The Morgan fingerprint density at radius 3 is 2.92 bits per heavy atom. The van der Waals surface area contributed by atoms with Crippen molar-refractivity contribution in [1.82, 2.24) is 0 Å². The van der Waals surface area contributed by atoms with Crippen LogP contribution in [0.15, 0.2) is 4.99 Å². The highest BCUT2D eigenvalue weighted by molar-refractivity contribution is 5.67. The minimum atomic E-state index is -0.989. The van der Waals surface area contributed by atoms with Crippen molar-refractivity contribution in [3.8, 4) is 0 Å². The van der Waals surface area contributed by atoms with Crippen LogP contribution in [0.25, 0.3) is 0 Å². The van der Waals surface area contributed by atoms with E-state index in [9.17, 15) is 9.90 Å². The molecule has 68 valence electrons. The molecule has 4 nitrogen and oxygen atoms in total. The third-order valence-electron chi connectivity index (χ3n) is 2.11. The van der Waals surface area contributed by atoms with Crippen molar-refractivity contribution in [2.45, 2.75) is 13.3 Å². The highest BCUT2D eigenvalue weighted by Crippen LogP contribution is 2.09. The zero-order valence-corrected chi connectivity index (χ0v) is 7.32. The number of aliphatic carboxylic acids is 1. The molecule has 1 heterocycles. The van der Waals surface area contributed by atoms with E-state index in [-0.39, 0.29) is 6.54 Å². The fraction of sp³-hybridized carbons (Fsp3) is 0.750. The number of aliphatic imine (C=N–C) groups is 1. The zero-order valence-electron chi connectivity index (χ0n) is 7.32. The molecular weight excluding hydrogens is 156 g/mol. The molecule has 0 aliphatic carbocycles. The van der Waals surface area contributed by atoms with Gasteiger partial charge in [0, 0.05) is 0 Å². The zero-order chi connectivity index (χ0) is 9.03. The van der Waals surface area contributed by atoms with Crippen molar-refractivity contribution in [3.05, 3.63) is 0 Å². The van der Waals surface area contributed by atoms with E-state index >= 15 is 0 Å². The van der Waals surface area contributed by atoms with Gasteiger partial charge in [-0.25, -0.2) is 4.99 Å². The van der Waals surface area contributed by atoms with Crippen LogP contribution in [0.4, 0.5) is 0 Å². The molecular formula is C8H14N2O2. The Labute approximate surface area is 72.1 Å². The summed E-state index contributed by atoms with van der Waals surface area (Å²) >= 11 is 0. The first-order chi connectivity index (χ1) is 5.68. The van der Waals surface area contributed by atoms with Crippen LogP contribution in [-0.4, -0.2) is 43.0 Å². The van der Waals surface area contributed by atoms with Crippen molar-refractivity contribution in [2.75, 3.05) is 26.2 Å². The number of hydrogen-bond acceptors (Lipinski definition) is 3. The van der Waals surface area contributed by atoms with Crippen molar-refractivity contribution in [3.63, 3.8) is 0 Å². The van der Waals surface area contributed by atoms with Crippen LogP contribution >= 0.6 is 0 Å². The number of quaternary nitrogens is 1. The van der Waals surface area contributed by atoms with E-state index in [1.54, 1.807) is 6.34 Å². The molecule has 1 atom stereocenters. The van der Waals surface area contributed by atoms with Gasteiger partial charge in [-0.1, -0.05) is 6.92 Å². The summed E-state index contributed by atoms with van der Waals surface area (Å²) in [6, 6.07) is 0. The highest BCUT2D eigenvalue weighted by Gasteiger charge is 2.28. The van der Waals surface area contributed by atoms with E-state index in [0.717, 1.165) is 26.1 Å². The monoisotopic (exact) mass is 170 g/mol. The van der Waals surface area contributed by atoms with E-state index in [1.165, 1.54) is 0 Å². The van der Waals surface area contributed by atoms with Gasteiger partial charge in [-0.3, -0.25) is 4.48 Å². The summed E-state index contributed by atoms with van der Waals surface area (Å²) < 4.78 is 0.471. The molecule has 12 heavy (non-hydrogen) atoms. The number of carboxylic acid groups (broad SMARTS) is 1. The summed E-state index contributed by atoms with van der Waals surface area (Å²) in [6.07, 6.45) is 2.72. The van der Waals surface area contributed by atoms with Crippen LogP contribution in [0.5, 0.6) is 0 Å². The number of hydrogen-bond donors (Lipinski definition) is 0. The first kappa shape index (κ1) is 9.19. The Kier molecular flexibility index (Phi) is 2.81. The molecule has 4 heteroatoms. The minimum absolute atomic E-state index is 0.0668. The summed E-state index contributed by atoms with van der Waals surface area (Å²) in [5, 5.41) is 10.4. The molecule has 0 amide bonds. The van der Waals surface area contributed by atoms with Gasteiger partial charge in [0.1, 0.15) is 13.1 Å². The third kappa shape index (κ3) is 2.04. The van der Waals surface area contributed by atoms with E-state index in [2.05, 4.69) is 4.99 Å². The van der Waals surface area contributed by atoms with E-state index < -0.39 is 5.97 Å². The Hall–Kier alpha value is -0.900. The molecule has 1 unspecified atom stereocenters. The average Bonchev–Trinajstić information content (AvgIpc) is 2.36. The highest BCUT2D eigenvalue weighted by atomic mass is 16.4. The lowest BCUT2D eigenvalue weighted by atomic mass is 10.3. The van der Waals surface area contributed by atoms with Crippen molar-refractivity contribution < 1.29 is 14.4 Å². The van der Waals surface area contributed by atoms with Crippen LogP contribution in [0.1, 0.15) is 13.3 Å². The Morgan fingerprint density at radius 1 is 1.75 bits per heavy atom. The number of carboxylic acids is 1. The predicted octanol–water partition coefficient (Wildman–Crippen LogP) is -0.995. The maximum Gasteiger partial charge on any atom is 0.185 e. The molecule has 1 rings (SSSR count). The van der Waals surface area contributed by atoms with Gasteiger partial charge >= 0.3 is 0 Å². The van der Waals surface area contributed by atoms with Crippen LogP contribution in [0.2, 0.25) is 0 Å². The molecule has 0 aromatic rings. The molecule has 0 aromatic heterocycles. The van der Waals surface area contributed by atoms with E-state index in [4.69, 9.17) is 0 Å². The summed E-state index contributed by atoms with van der Waals surface area (Å²) in [4.78, 5) is 14.5. The van der Waals surface area contributed by atoms with Gasteiger partial charge in [0.15, 0.2) is 6.34 Å². The fourth-order valence-corrected chi connectivity index (χ4v) is 1.62. The first-order valence-electron chi connectivity index (χ1n) is 4.25. The number of carbonyl (C=O) groups excluding carboxylic acids is 1. The van der Waals surface area contributed by atoms with Crippen molar-refractivity contribution in [1.29, 1.82) is 0 Å². The minimum Gasteiger partial charge on any atom is -0.544 e.